The molecular formula is C12H12F2N2. The van der Waals surface area contributed by atoms with Gasteiger partial charge in [0, 0.05) is 12.1 Å². The standard InChI is InChI=1S/C12H12F2N2/c13-11-4-1-5-12(14)10(11)8-16-6-2-3-9(16)7-15/h1,4-5,9H,2-3,6,8H2. The molecule has 1 aromatic rings. The average Bonchev–Trinajstić information content (AvgIpc) is 2.71. The Morgan fingerprint density at radius 3 is 2.69 bits per heavy atom. The largest absolute Gasteiger partial charge is 0.284 e. The molecule has 0 aromatic heterocycles. The van der Waals surface area contributed by atoms with Crippen LogP contribution in [0.15, 0.2) is 18.2 Å². The maximum absolute atomic E-state index is 13.4. The van der Waals surface area contributed by atoms with E-state index in [0.717, 1.165) is 19.4 Å². The molecule has 1 saturated heterocycles. The van der Waals surface area contributed by atoms with Crippen LogP contribution in [0.5, 0.6) is 0 Å². The third kappa shape index (κ3) is 2.05. The summed E-state index contributed by atoms with van der Waals surface area (Å²) in [4.78, 5) is 1.82. The molecule has 0 aliphatic carbocycles. The van der Waals surface area contributed by atoms with Crippen molar-refractivity contribution in [1.82, 2.24) is 4.90 Å². The van der Waals surface area contributed by atoms with Gasteiger partial charge in [0.2, 0.25) is 0 Å². The van der Waals surface area contributed by atoms with E-state index in [0.29, 0.717) is 0 Å². The van der Waals surface area contributed by atoms with E-state index in [1.165, 1.54) is 18.2 Å². The van der Waals surface area contributed by atoms with Crippen LogP contribution in [-0.4, -0.2) is 17.5 Å². The molecule has 0 saturated carbocycles. The summed E-state index contributed by atoms with van der Waals surface area (Å²) >= 11 is 0. The first-order chi connectivity index (χ1) is 7.72. The third-order valence-electron chi connectivity index (χ3n) is 2.94. The molecule has 0 N–H and O–H groups in total. The first-order valence-electron chi connectivity index (χ1n) is 5.29. The van der Waals surface area contributed by atoms with Gasteiger partial charge in [0.25, 0.3) is 0 Å². The number of benzene rings is 1. The van der Waals surface area contributed by atoms with Gasteiger partial charge in [-0.05, 0) is 31.5 Å². The third-order valence-corrected chi connectivity index (χ3v) is 2.94. The second kappa shape index (κ2) is 4.58. The van der Waals surface area contributed by atoms with Crippen molar-refractivity contribution in [2.75, 3.05) is 6.54 Å². The normalized spacial score (nSPS) is 20.9. The highest BCUT2D eigenvalue weighted by Gasteiger charge is 2.25. The number of nitrogens with zero attached hydrogens (tertiary/aromatic N) is 2. The van der Waals surface area contributed by atoms with E-state index in [-0.39, 0.29) is 18.2 Å². The van der Waals surface area contributed by atoms with Gasteiger partial charge in [0.05, 0.1) is 12.1 Å². The van der Waals surface area contributed by atoms with Gasteiger partial charge in [0.15, 0.2) is 0 Å². The number of likely N-dealkylation sites (tertiary alicyclic amines) is 1. The van der Waals surface area contributed by atoms with E-state index in [4.69, 9.17) is 5.26 Å². The van der Waals surface area contributed by atoms with Crippen molar-refractivity contribution in [3.05, 3.63) is 35.4 Å². The van der Waals surface area contributed by atoms with E-state index in [1.807, 2.05) is 4.90 Å². The Kier molecular flexibility index (Phi) is 3.16. The van der Waals surface area contributed by atoms with Crippen LogP contribution >= 0.6 is 0 Å². The maximum Gasteiger partial charge on any atom is 0.130 e. The fourth-order valence-corrected chi connectivity index (χ4v) is 2.05. The Bertz CT molecular complexity index is 405. The van der Waals surface area contributed by atoms with Crippen LogP contribution in [0, 0.1) is 23.0 Å². The summed E-state index contributed by atoms with van der Waals surface area (Å²) in [6, 6.07) is 5.78. The van der Waals surface area contributed by atoms with Crippen LogP contribution in [0.3, 0.4) is 0 Å². The van der Waals surface area contributed by atoms with Crippen molar-refractivity contribution in [1.29, 1.82) is 5.26 Å². The zero-order valence-corrected chi connectivity index (χ0v) is 8.79. The lowest BCUT2D eigenvalue weighted by molar-refractivity contribution is 0.277. The lowest BCUT2D eigenvalue weighted by atomic mass is 10.1. The van der Waals surface area contributed by atoms with E-state index in [2.05, 4.69) is 6.07 Å². The van der Waals surface area contributed by atoms with Crippen LogP contribution in [0.1, 0.15) is 18.4 Å². The molecule has 0 bridgehead atoms. The van der Waals surface area contributed by atoms with Gasteiger partial charge >= 0.3 is 0 Å². The SMILES string of the molecule is N#CC1CCCN1Cc1c(F)cccc1F. The monoisotopic (exact) mass is 222 g/mol. The minimum atomic E-state index is -0.538. The molecule has 0 radical (unpaired) electrons. The highest BCUT2D eigenvalue weighted by molar-refractivity contribution is 5.20. The molecule has 0 spiro atoms. The van der Waals surface area contributed by atoms with E-state index >= 15 is 0 Å². The Balaban J connectivity index is 2.18. The van der Waals surface area contributed by atoms with Gasteiger partial charge in [-0.2, -0.15) is 5.26 Å². The summed E-state index contributed by atoms with van der Waals surface area (Å²) < 4.78 is 26.8. The predicted octanol–water partition coefficient (Wildman–Crippen LogP) is 2.45. The van der Waals surface area contributed by atoms with Gasteiger partial charge in [-0.25, -0.2) is 8.78 Å². The Morgan fingerprint density at radius 1 is 1.38 bits per heavy atom. The summed E-state index contributed by atoms with van der Waals surface area (Å²) in [6.45, 7) is 0.905. The van der Waals surface area contributed by atoms with Gasteiger partial charge in [-0.15, -0.1) is 0 Å². The highest BCUT2D eigenvalue weighted by Crippen LogP contribution is 2.22. The fraction of sp³-hybridized carbons (Fsp3) is 0.417. The van der Waals surface area contributed by atoms with Crippen molar-refractivity contribution < 1.29 is 8.78 Å². The van der Waals surface area contributed by atoms with Crippen molar-refractivity contribution in [2.45, 2.75) is 25.4 Å². The minimum absolute atomic E-state index is 0.0599. The fourth-order valence-electron chi connectivity index (χ4n) is 2.05. The van der Waals surface area contributed by atoms with Crippen molar-refractivity contribution >= 4 is 0 Å². The molecule has 4 heteroatoms. The number of hydrogen-bond donors (Lipinski definition) is 0. The Labute approximate surface area is 93.1 Å². The first kappa shape index (κ1) is 11.0. The quantitative estimate of drug-likeness (QED) is 0.768. The summed E-state index contributed by atoms with van der Waals surface area (Å²) in [7, 11) is 0. The molecule has 1 atom stereocenters. The number of halogens is 2. The topological polar surface area (TPSA) is 27.0 Å². The predicted molar refractivity (Wildman–Crippen MR) is 55.4 cm³/mol. The zero-order valence-electron chi connectivity index (χ0n) is 8.79. The van der Waals surface area contributed by atoms with Gasteiger partial charge in [-0.3, -0.25) is 4.90 Å². The molecule has 1 heterocycles. The molecule has 1 aliphatic rings. The molecule has 2 nitrogen and oxygen atoms in total. The molecule has 16 heavy (non-hydrogen) atoms. The second-order valence-corrected chi connectivity index (χ2v) is 3.96. The molecule has 2 rings (SSSR count). The summed E-state index contributed by atoms with van der Waals surface area (Å²) in [5, 5.41) is 8.87. The molecule has 84 valence electrons. The van der Waals surface area contributed by atoms with Crippen LogP contribution in [-0.2, 0) is 6.54 Å². The molecule has 0 amide bonds. The smallest absolute Gasteiger partial charge is 0.130 e. The van der Waals surface area contributed by atoms with E-state index < -0.39 is 11.6 Å². The van der Waals surface area contributed by atoms with E-state index in [9.17, 15) is 8.78 Å². The maximum atomic E-state index is 13.4. The van der Waals surface area contributed by atoms with Crippen LogP contribution in [0.4, 0.5) is 8.78 Å². The number of hydrogen-bond acceptors (Lipinski definition) is 2. The van der Waals surface area contributed by atoms with Gasteiger partial charge < -0.3 is 0 Å². The van der Waals surface area contributed by atoms with Crippen LogP contribution in [0.25, 0.3) is 0 Å². The zero-order chi connectivity index (χ0) is 11.5. The average molecular weight is 222 g/mol. The first-order valence-corrected chi connectivity index (χ1v) is 5.29. The van der Waals surface area contributed by atoms with E-state index in [1.54, 1.807) is 0 Å². The lowest BCUT2D eigenvalue weighted by Crippen LogP contribution is -2.28. The molecule has 1 aromatic carbocycles. The minimum Gasteiger partial charge on any atom is -0.284 e. The molecule has 1 unspecified atom stereocenters. The van der Waals surface area contributed by atoms with Crippen molar-refractivity contribution in [2.24, 2.45) is 0 Å². The van der Waals surface area contributed by atoms with Gasteiger partial charge in [-0.1, -0.05) is 6.07 Å². The highest BCUT2D eigenvalue weighted by atomic mass is 19.1. The van der Waals surface area contributed by atoms with Gasteiger partial charge in [0.1, 0.15) is 11.6 Å². The summed E-state index contributed by atoms with van der Waals surface area (Å²) in [6.07, 6.45) is 1.70. The second-order valence-electron chi connectivity index (χ2n) is 3.96. The molecule has 1 aliphatic heterocycles. The van der Waals surface area contributed by atoms with Crippen molar-refractivity contribution in [3.63, 3.8) is 0 Å². The Hall–Kier alpha value is -1.47. The van der Waals surface area contributed by atoms with Crippen molar-refractivity contribution in [3.8, 4) is 6.07 Å². The molecule has 1 fully saturated rings. The number of nitriles is 1. The molecular weight excluding hydrogens is 210 g/mol. The van der Waals surface area contributed by atoms with Crippen LogP contribution < -0.4 is 0 Å². The summed E-state index contributed by atoms with van der Waals surface area (Å²) in [5.74, 6) is -1.08. The van der Waals surface area contributed by atoms with Crippen LogP contribution in [0.2, 0.25) is 0 Å². The lowest BCUT2D eigenvalue weighted by Gasteiger charge is -2.19. The Morgan fingerprint density at radius 2 is 2.06 bits per heavy atom. The summed E-state index contributed by atoms with van der Waals surface area (Å²) in [5.41, 5.74) is 0.0599. The number of rotatable bonds is 2.